The first-order chi connectivity index (χ1) is 11.0. The summed E-state index contributed by atoms with van der Waals surface area (Å²) < 4.78 is 5.29. The lowest BCUT2D eigenvalue weighted by molar-refractivity contribution is -0.119. The van der Waals surface area contributed by atoms with Crippen LogP contribution in [0.3, 0.4) is 0 Å². The van der Waals surface area contributed by atoms with Crippen molar-refractivity contribution in [1.29, 1.82) is 0 Å². The van der Waals surface area contributed by atoms with Gasteiger partial charge in [-0.2, -0.15) is 0 Å². The van der Waals surface area contributed by atoms with E-state index in [1.807, 2.05) is 6.07 Å². The average Bonchev–Trinajstić information content (AvgIpc) is 2.54. The summed E-state index contributed by atoms with van der Waals surface area (Å²) >= 11 is 0. The molecule has 0 fully saturated rings. The number of Topliss-reactive ketones (excluding diaryl/α,β-unsaturated/α-hetero) is 1. The molecule has 0 aliphatic heterocycles. The summed E-state index contributed by atoms with van der Waals surface area (Å²) in [7, 11) is 1.70. The molecular weight excluding hydrogens is 286 g/mol. The predicted octanol–water partition coefficient (Wildman–Crippen LogP) is 4.93. The van der Waals surface area contributed by atoms with E-state index in [0.717, 1.165) is 50.9 Å². The number of rotatable bonds is 11. The molecule has 23 heavy (non-hydrogen) atoms. The third kappa shape index (κ3) is 6.34. The molecule has 0 radical (unpaired) electrons. The topological polar surface area (TPSA) is 29.5 Å². The van der Waals surface area contributed by atoms with Crippen LogP contribution < -0.4 is 4.74 Å². The molecule has 1 atom stereocenters. The molecule has 0 aliphatic rings. The zero-order valence-corrected chi connectivity index (χ0v) is 15.5. The Morgan fingerprint density at radius 1 is 1.22 bits per heavy atom. The van der Waals surface area contributed by atoms with Crippen LogP contribution in [0.1, 0.15) is 70.0 Å². The van der Waals surface area contributed by atoms with E-state index in [0.29, 0.717) is 11.8 Å². The van der Waals surface area contributed by atoms with Crippen LogP contribution in [0.15, 0.2) is 18.2 Å². The lowest BCUT2D eigenvalue weighted by Gasteiger charge is -2.29. The molecule has 0 saturated carbocycles. The first kappa shape index (κ1) is 19.7. The van der Waals surface area contributed by atoms with Crippen molar-refractivity contribution in [1.82, 2.24) is 4.90 Å². The Balaban J connectivity index is 2.55. The fourth-order valence-electron chi connectivity index (χ4n) is 3.11. The number of aryl methyl sites for hydroxylation is 1. The molecule has 0 amide bonds. The Bertz CT molecular complexity index is 485. The smallest absolute Gasteiger partial charge is 0.132 e. The van der Waals surface area contributed by atoms with Gasteiger partial charge in [0.2, 0.25) is 0 Å². The van der Waals surface area contributed by atoms with Gasteiger partial charge in [0.25, 0.3) is 0 Å². The highest BCUT2D eigenvalue weighted by Crippen LogP contribution is 2.26. The molecule has 0 bridgehead atoms. The van der Waals surface area contributed by atoms with Crippen LogP contribution in [0.5, 0.6) is 5.75 Å². The predicted molar refractivity (Wildman–Crippen MR) is 97.2 cm³/mol. The molecular formula is C20H33NO2. The first-order valence-electron chi connectivity index (χ1n) is 8.93. The average molecular weight is 319 g/mol. The summed E-state index contributed by atoms with van der Waals surface area (Å²) in [6, 6.07) is 6.70. The number of hydrogen-bond acceptors (Lipinski definition) is 3. The maximum Gasteiger partial charge on any atom is 0.132 e. The second-order valence-corrected chi connectivity index (χ2v) is 6.27. The van der Waals surface area contributed by atoms with Gasteiger partial charge in [0.1, 0.15) is 11.5 Å². The number of benzene rings is 1. The van der Waals surface area contributed by atoms with Crippen LogP contribution in [0.2, 0.25) is 0 Å². The number of ketones is 1. The molecule has 0 saturated heterocycles. The summed E-state index contributed by atoms with van der Waals surface area (Å²) in [6.07, 6.45) is 4.53. The van der Waals surface area contributed by atoms with Crippen molar-refractivity contribution in [2.45, 2.75) is 65.8 Å². The minimum atomic E-state index is 0.386. The second-order valence-electron chi connectivity index (χ2n) is 6.27. The molecule has 0 spiro atoms. The van der Waals surface area contributed by atoms with E-state index in [1.54, 1.807) is 7.11 Å². The molecule has 1 aromatic carbocycles. The van der Waals surface area contributed by atoms with Crippen LogP contribution in [0, 0.1) is 6.92 Å². The fraction of sp³-hybridized carbons (Fsp3) is 0.650. The van der Waals surface area contributed by atoms with Crippen molar-refractivity contribution in [2.24, 2.45) is 0 Å². The van der Waals surface area contributed by atoms with Crippen molar-refractivity contribution in [3.05, 3.63) is 29.3 Å². The normalized spacial score (nSPS) is 12.4. The van der Waals surface area contributed by atoms with Crippen molar-refractivity contribution < 1.29 is 9.53 Å². The van der Waals surface area contributed by atoms with Gasteiger partial charge in [-0.3, -0.25) is 9.69 Å². The van der Waals surface area contributed by atoms with Crippen LogP contribution in [0.25, 0.3) is 0 Å². The molecule has 0 heterocycles. The number of ether oxygens (including phenoxy) is 1. The summed E-state index contributed by atoms with van der Waals surface area (Å²) in [5.74, 6) is 1.32. The molecule has 0 aromatic heterocycles. The standard InChI is InChI=1S/C20H33NO2/c1-6-10-18(22)11-8-9-14-21(7-2)17(4)20-13-12-19(23-5)15-16(20)3/h12-13,15,17H,6-11,14H2,1-5H3. The van der Waals surface area contributed by atoms with E-state index in [2.05, 4.69) is 44.7 Å². The lowest BCUT2D eigenvalue weighted by Crippen LogP contribution is -2.28. The summed E-state index contributed by atoms with van der Waals surface area (Å²) in [5, 5.41) is 0. The van der Waals surface area contributed by atoms with E-state index < -0.39 is 0 Å². The molecule has 1 unspecified atom stereocenters. The van der Waals surface area contributed by atoms with Crippen LogP contribution >= 0.6 is 0 Å². The minimum Gasteiger partial charge on any atom is -0.497 e. The second kappa shape index (κ2) is 10.4. The SMILES string of the molecule is CCCC(=O)CCCCN(CC)C(C)c1ccc(OC)cc1C. The van der Waals surface area contributed by atoms with E-state index in [9.17, 15) is 4.79 Å². The fourth-order valence-corrected chi connectivity index (χ4v) is 3.11. The molecule has 0 aliphatic carbocycles. The van der Waals surface area contributed by atoms with E-state index in [4.69, 9.17) is 4.74 Å². The van der Waals surface area contributed by atoms with Crippen LogP contribution in [-0.2, 0) is 4.79 Å². The Hall–Kier alpha value is -1.35. The maximum atomic E-state index is 11.6. The molecule has 130 valence electrons. The van der Waals surface area contributed by atoms with Gasteiger partial charge >= 0.3 is 0 Å². The van der Waals surface area contributed by atoms with Gasteiger partial charge in [-0.25, -0.2) is 0 Å². The highest BCUT2D eigenvalue weighted by molar-refractivity contribution is 5.78. The van der Waals surface area contributed by atoms with Crippen molar-refractivity contribution in [3.8, 4) is 5.75 Å². The van der Waals surface area contributed by atoms with Gasteiger partial charge in [0.05, 0.1) is 7.11 Å². The van der Waals surface area contributed by atoms with Gasteiger partial charge in [-0.05, 0) is 69.5 Å². The Morgan fingerprint density at radius 3 is 2.52 bits per heavy atom. The van der Waals surface area contributed by atoms with E-state index in [1.165, 1.54) is 11.1 Å². The van der Waals surface area contributed by atoms with E-state index in [-0.39, 0.29) is 0 Å². The summed E-state index contributed by atoms with van der Waals surface area (Å²) in [6.45, 7) is 10.7. The molecule has 3 nitrogen and oxygen atoms in total. The monoisotopic (exact) mass is 319 g/mol. The zero-order chi connectivity index (χ0) is 17.2. The van der Waals surface area contributed by atoms with Gasteiger partial charge in [-0.1, -0.05) is 19.9 Å². The first-order valence-corrected chi connectivity index (χ1v) is 8.93. The Morgan fingerprint density at radius 2 is 1.96 bits per heavy atom. The molecule has 3 heteroatoms. The Kier molecular flexibility index (Phi) is 8.93. The zero-order valence-electron chi connectivity index (χ0n) is 15.5. The highest BCUT2D eigenvalue weighted by atomic mass is 16.5. The Labute approximate surface area is 142 Å². The number of unbranched alkanes of at least 4 members (excludes halogenated alkanes) is 1. The number of methoxy groups -OCH3 is 1. The quantitative estimate of drug-likeness (QED) is 0.542. The maximum absolute atomic E-state index is 11.6. The third-order valence-corrected chi connectivity index (χ3v) is 4.56. The van der Waals surface area contributed by atoms with Crippen LogP contribution in [-0.4, -0.2) is 30.9 Å². The summed E-state index contributed by atoms with van der Waals surface area (Å²) in [5.41, 5.74) is 2.63. The largest absolute Gasteiger partial charge is 0.497 e. The highest BCUT2D eigenvalue weighted by Gasteiger charge is 2.16. The lowest BCUT2D eigenvalue weighted by atomic mass is 10.0. The third-order valence-electron chi connectivity index (χ3n) is 4.56. The summed E-state index contributed by atoms with van der Waals surface area (Å²) in [4.78, 5) is 14.1. The number of carbonyl (C=O) groups excluding carboxylic acids is 1. The van der Waals surface area contributed by atoms with Gasteiger partial charge < -0.3 is 4.74 Å². The van der Waals surface area contributed by atoms with Crippen molar-refractivity contribution in [3.63, 3.8) is 0 Å². The molecule has 1 rings (SSSR count). The van der Waals surface area contributed by atoms with Gasteiger partial charge in [0.15, 0.2) is 0 Å². The molecule has 0 N–H and O–H groups in total. The van der Waals surface area contributed by atoms with Gasteiger partial charge in [0, 0.05) is 18.9 Å². The van der Waals surface area contributed by atoms with Gasteiger partial charge in [-0.15, -0.1) is 0 Å². The van der Waals surface area contributed by atoms with E-state index >= 15 is 0 Å². The van der Waals surface area contributed by atoms with Crippen molar-refractivity contribution in [2.75, 3.05) is 20.2 Å². The molecule has 1 aromatic rings. The number of nitrogens with zero attached hydrogens (tertiary/aromatic N) is 1. The number of carbonyl (C=O) groups is 1. The number of hydrogen-bond donors (Lipinski definition) is 0. The minimum absolute atomic E-state index is 0.386. The van der Waals surface area contributed by atoms with Crippen LogP contribution in [0.4, 0.5) is 0 Å². The van der Waals surface area contributed by atoms with Crippen molar-refractivity contribution >= 4 is 5.78 Å².